The molecule has 0 saturated heterocycles. The molecule has 0 saturated carbocycles. The van der Waals surface area contributed by atoms with E-state index in [2.05, 4.69) is 24.5 Å². The van der Waals surface area contributed by atoms with E-state index in [1.54, 1.807) is 73.8 Å². The summed E-state index contributed by atoms with van der Waals surface area (Å²) in [6.45, 7) is 4.62. The van der Waals surface area contributed by atoms with E-state index in [0.29, 0.717) is 40.7 Å². The second-order valence-electron chi connectivity index (χ2n) is 7.73. The third-order valence-corrected chi connectivity index (χ3v) is 4.72. The zero-order chi connectivity index (χ0) is 22.9. The molecule has 32 heavy (non-hydrogen) atoms. The number of amides is 2. The van der Waals surface area contributed by atoms with Crippen LogP contribution < -0.4 is 20.1 Å². The van der Waals surface area contributed by atoms with Gasteiger partial charge in [0.25, 0.3) is 11.8 Å². The van der Waals surface area contributed by atoms with E-state index in [4.69, 9.17) is 9.47 Å². The number of carbonyl (C=O) groups is 2. The maximum absolute atomic E-state index is 12.9. The molecule has 2 N–H and O–H groups in total. The average molecular weight is 433 g/mol. The summed E-state index contributed by atoms with van der Waals surface area (Å²) >= 11 is 0. The van der Waals surface area contributed by atoms with Crippen LogP contribution in [-0.2, 0) is 0 Å². The van der Waals surface area contributed by atoms with Gasteiger partial charge in [-0.15, -0.1) is 0 Å². The van der Waals surface area contributed by atoms with Gasteiger partial charge in [0.15, 0.2) is 11.5 Å². The zero-order valence-corrected chi connectivity index (χ0v) is 18.5. The van der Waals surface area contributed by atoms with Gasteiger partial charge in [-0.1, -0.05) is 56.3 Å². The van der Waals surface area contributed by atoms with E-state index in [9.17, 15) is 9.59 Å². The molecular formula is C26H28N2O4. The summed E-state index contributed by atoms with van der Waals surface area (Å²) in [5, 5.41) is 5.83. The minimum absolute atomic E-state index is 0.301. The molecule has 3 aromatic carbocycles. The fraction of sp³-hybridized carbons (Fsp3) is 0.231. The Labute approximate surface area is 188 Å². The molecule has 0 unspecified atom stereocenters. The Kier molecular flexibility index (Phi) is 7.86. The monoisotopic (exact) mass is 432 g/mol. The topological polar surface area (TPSA) is 76.7 Å². The van der Waals surface area contributed by atoms with E-state index in [1.807, 2.05) is 12.1 Å². The third-order valence-electron chi connectivity index (χ3n) is 4.72. The Morgan fingerprint density at radius 3 is 1.78 bits per heavy atom. The normalized spacial score (nSPS) is 10.7. The number of benzene rings is 3. The van der Waals surface area contributed by atoms with Gasteiger partial charge in [0.05, 0.1) is 13.7 Å². The SMILES string of the molecule is COc1ccc(C(NC(=O)c2ccccc2)NC(=O)c2ccccc2)cc1OCC(C)C. The van der Waals surface area contributed by atoms with E-state index < -0.39 is 6.17 Å². The van der Waals surface area contributed by atoms with Crippen molar-refractivity contribution >= 4 is 11.8 Å². The van der Waals surface area contributed by atoms with Gasteiger partial charge in [0.2, 0.25) is 0 Å². The lowest BCUT2D eigenvalue weighted by Gasteiger charge is -2.22. The Bertz CT molecular complexity index is 983. The van der Waals surface area contributed by atoms with Gasteiger partial charge < -0.3 is 20.1 Å². The molecule has 0 aliphatic carbocycles. The molecule has 166 valence electrons. The first-order chi connectivity index (χ1) is 15.5. The predicted octanol–water partition coefficient (Wildman–Crippen LogP) is 4.59. The summed E-state index contributed by atoms with van der Waals surface area (Å²) in [6.07, 6.45) is -0.775. The largest absolute Gasteiger partial charge is 0.493 e. The number of hydrogen-bond donors (Lipinski definition) is 2. The van der Waals surface area contributed by atoms with Crippen LogP contribution >= 0.6 is 0 Å². The summed E-state index contributed by atoms with van der Waals surface area (Å²) in [5.74, 6) is 0.854. The summed E-state index contributed by atoms with van der Waals surface area (Å²) in [6, 6.07) is 23.1. The van der Waals surface area contributed by atoms with Crippen molar-refractivity contribution in [2.24, 2.45) is 5.92 Å². The van der Waals surface area contributed by atoms with E-state index in [1.165, 1.54) is 0 Å². The fourth-order valence-electron chi connectivity index (χ4n) is 3.05. The van der Waals surface area contributed by atoms with Gasteiger partial charge in [0, 0.05) is 11.1 Å². The van der Waals surface area contributed by atoms with Crippen molar-refractivity contribution in [3.05, 3.63) is 95.6 Å². The van der Waals surface area contributed by atoms with Crippen molar-refractivity contribution in [3.63, 3.8) is 0 Å². The average Bonchev–Trinajstić information content (AvgIpc) is 2.83. The maximum atomic E-state index is 12.9. The lowest BCUT2D eigenvalue weighted by molar-refractivity contribution is 0.0883. The van der Waals surface area contributed by atoms with Crippen molar-refractivity contribution in [3.8, 4) is 11.5 Å². The molecular weight excluding hydrogens is 404 g/mol. The highest BCUT2D eigenvalue weighted by atomic mass is 16.5. The fourth-order valence-corrected chi connectivity index (χ4v) is 3.05. The van der Waals surface area contributed by atoms with Gasteiger partial charge in [-0.3, -0.25) is 9.59 Å². The predicted molar refractivity (Wildman–Crippen MR) is 124 cm³/mol. The number of methoxy groups -OCH3 is 1. The van der Waals surface area contributed by atoms with E-state index >= 15 is 0 Å². The summed E-state index contributed by atoms with van der Waals surface area (Å²) < 4.78 is 11.3. The number of nitrogens with one attached hydrogen (secondary N) is 2. The van der Waals surface area contributed by atoms with Crippen LogP contribution in [0.15, 0.2) is 78.9 Å². The Morgan fingerprint density at radius 1 is 0.781 bits per heavy atom. The van der Waals surface area contributed by atoms with Crippen LogP contribution in [0.1, 0.15) is 46.3 Å². The summed E-state index contributed by atoms with van der Waals surface area (Å²) in [7, 11) is 1.57. The lowest BCUT2D eigenvalue weighted by Crippen LogP contribution is -2.41. The molecule has 0 fully saturated rings. The Morgan fingerprint density at radius 2 is 1.31 bits per heavy atom. The van der Waals surface area contributed by atoms with Gasteiger partial charge in [-0.05, 0) is 47.9 Å². The van der Waals surface area contributed by atoms with Crippen LogP contribution in [0.25, 0.3) is 0 Å². The molecule has 3 aromatic rings. The number of rotatable bonds is 9. The second kappa shape index (κ2) is 11.0. The summed E-state index contributed by atoms with van der Waals surface area (Å²) in [4.78, 5) is 25.7. The van der Waals surface area contributed by atoms with E-state index in [-0.39, 0.29) is 11.8 Å². The molecule has 0 aliphatic rings. The Balaban J connectivity index is 1.91. The van der Waals surface area contributed by atoms with E-state index in [0.717, 1.165) is 0 Å². The minimum Gasteiger partial charge on any atom is -0.493 e. The summed E-state index contributed by atoms with van der Waals surface area (Å²) in [5.41, 5.74) is 1.66. The van der Waals surface area contributed by atoms with Crippen molar-refractivity contribution in [1.82, 2.24) is 10.6 Å². The van der Waals surface area contributed by atoms with Crippen molar-refractivity contribution in [2.75, 3.05) is 13.7 Å². The molecule has 6 heteroatoms. The Hall–Kier alpha value is -3.80. The zero-order valence-electron chi connectivity index (χ0n) is 18.5. The lowest BCUT2D eigenvalue weighted by atomic mass is 10.1. The van der Waals surface area contributed by atoms with Gasteiger partial charge in [-0.2, -0.15) is 0 Å². The molecule has 0 heterocycles. The van der Waals surface area contributed by atoms with Crippen LogP contribution in [0.2, 0.25) is 0 Å². The molecule has 2 amide bonds. The first kappa shape index (κ1) is 22.9. The van der Waals surface area contributed by atoms with Crippen molar-refractivity contribution < 1.29 is 19.1 Å². The smallest absolute Gasteiger partial charge is 0.253 e. The number of carbonyl (C=O) groups excluding carboxylic acids is 2. The first-order valence-electron chi connectivity index (χ1n) is 10.5. The first-order valence-corrected chi connectivity index (χ1v) is 10.5. The van der Waals surface area contributed by atoms with Crippen LogP contribution in [0.3, 0.4) is 0 Å². The highest BCUT2D eigenvalue weighted by molar-refractivity contribution is 5.96. The number of hydrogen-bond acceptors (Lipinski definition) is 4. The standard InChI is InChI=1S/C26H28N2O4/c1-18(2)17-32-23-16-21(14-15-22(23)31-3)24(27-25(29)19-10-6-4-7-11-19)28-26(30)20-12-8-5-9-13-20/h4-16,18,24H,17H2,1-3H3,(H,27,29)(H,28,30). The molecule has 6 nitrogen and oxygen atoms in total. The molecule has 0 atom stereocenters. The van der Waals surface area contributed by atoms with Crippen LogP contribution in [0.4, 0.5) is 0 Å². The quantitative estimate of drug-likeness (QED) is 0.485. The van der Waals surface area contributed by atoms with Crippen LogP contribution in [-0.4, -0.2) is 25.5 Å². The second-order valence-corrected chi connectivity index (χ2v) is 7.73. The third kappa shape index (κ3) is 6.11. The van der Waals surface area contributed by atoms with Crippen molar-refractivity contribution in [1.29, 1.82) is 0 Å². The molecule has 0 radical (unpaired) electrons. The highest BCUT2D eigenvalue weighted by Gasteiger charge is 2.21. The minimum atomic E-state index is -0.775. The molecule has 0 aromatic heterocycles. The highest BCUT2D eigenvalue weighted by Crippen LogP contribution is 2.30. The van der Waals surface area contributed by atoms with Gasteiger partial charge in [-0.25, -0.2) is 0 Å². The molecule has 0 bridgehead atoms. The van der Waals surface area contributed by atoms with Gasteiger partial charge in [0.1, 0.15) is 6.17 Å². The van der Waals surface area contributed by atoms with Gasteiger partial charge >= 0.3 is 0 Å². The molecule has 3 rings (SSSR count). The maximum Gasteiger partial charge on any atom is 0.253 e. The van der Waals surface area contributed by atoms with Crippen LogP contribution in [0.5, 0.6) is 11.5 Å². The molecule has 0 aliphatic heterocycles. The van der Waals surface area contributed by atoms with Crippen molar-refractivity contribution in [2.45, 2.75) is 20.0 Å². The van der Waals surface area contributed by atoms with Crippen LogP contribution in [0, 0.1) is 5.92 Å². The number of ether oxygens (including phenoxy) is 2. The molecule has 0 spiro atoms.